The summed E-state index contributed by atoms with van der Waals surface area (Å²) in [5, 5.41) is 4.83. The highest BCUT2D eigenvalue weighted by molar-refractivity contribution is 7.98. The van der Waals surface area contributed by atoms with Gasteiger partial charge < -0.3 is 4.52 Å². The van der Waals surface area contributed by atoms with Crippen LogP contribution in [0.1, 0.15) is 11.5 Å². The van der Waals surface area contributed by atoms with Crippen LogP contribution in [0, 0.1) is 0 Å². The van der Waals surface area contributed by atoms with E-state index < -0.39 is 11.7 Å². The van der Waals surface area contributed by atoms with E-state index in [2.05, 4.69) is 15.1 Å². The number of nitrogens with zero attached hydrogens (tertiary/aromatic N) is 4. The molecule has 0 bridgehead atoms. The second kappa shape index (κ2) is 7.36. The fourth-order valence-electron chi connectivity index (χ4n) is 2.69. The van der Waals surface area contributed by atoms with Gasteiger partial charge in [0.15, 0.2) is 5.16 Å². The molecule has 2 aromatic heterocycles. The monoisotopic (exact) mass is 418 g/mol. The lowest BCUT2D eigenvalue weighted by Crippen LogP contribution is -2.19. The molecule has 2 aromatic carbocycles. The molecule has 0 atom stereocenters. The summed E-state index contributed by atoms with van der Waals surface area (Å²) >= 11 is 1.25. The van der Waals surface area contributed by atoms with E-state index in [4.69, 9.17) is 4.52 Å². The highest BCUT2D eigenvalue weighted by Gasteiger charge is 2.30. The van der Waals surface area contributed by atoms with Gasteiger partial charge in [0.1, 0.15) is 0 Å². The van der Waals surface area contributed by atoms with E-state index in [9.17, 15) is 18.0 Å². The Kier molecular flexibility index (Phi) is 4.87. The second-order valence-corrected chi connectivity index (χ2v) is 7.09. The number of aromatic nitrogens is 4. The molecule has 6 nitrogen and oxygen atoms in total. The van der Waals surface area contributed by atoms with Gasteiger partial charge in [0.25, 0.3) is 5.56 Å². The first-order valence-corrected chi connectivity index (χ1v) is 9.40. The molecule has 148 valence electrons. The van der Waals surface area contributed by atoms with Gasteiger partial charge in [-0.3, -0.25) is 9.36 Å². The van der Waals surface area contributed by atoms with E-state index in [0.29, 0.717) is 21.6 Å². The average Bonchev–Trinajstić information content (AvgIpc) is 3.18. The first kappa shape index (κ1) is 19.2. The molecule has 0 aliphatic heterocycles. The topological polar surface area (TPSA) is 73.8 Å². The van der Waals surface area contributed by atoms with Crippen molar-refractivity contribution in [1.29, 1.82) is 0 Å². The summed E-state index contributed by atoms with van der Waals surface area (Å²) in [6.45, 7) is 0. The van der Waals surface area contributed by atoms with E-state index in [-0.39, 0.29) is 23.0 Å². The fraction of sp³-hybridized carbons (Fsp3) is 0.158. The maximum absolute atomic E-state index is 12.7. The Morgan fingerprint density at radius 2 is 1.79 bits per heavy atom. The van der Waals surface area contributed by atoms with Crippen LogP contribution in [-0.2, 0) is 19.0 Å². The Bertz CT molecular complexity index is 1230. The number of benzene rings is 2. The standard InChI is InChI=1S/C19H13F3N4O2S/c1-26-17(27)13-4-2-3-5-14(13)23-18(26)29-10-15-24-16(25-28-15)11-6-8-12(9-7-11)19(20,21)22/h2-9H,10H2,1H3. The minimum absolute atomic E-state index is 0.158. The van der Waals surface area contributed by atoms with E-state index >= 15 is 0 Å². The highest BCUT2D eigenvalue weighted by Crippen LogP contribution is 2.30. The Balaban J connectivity index is 1.52. The van der Waals surface area contributed by atoms with Gasteiger partial charge in [0, 0.05) is 12.6 Å². The smallest absolute Gasteiger partial charge is 0.338 e. The molecule has 0 spiro atoms. The van der Waals surface area contributed by atoms with Crippen molar-refractivity contribution in [2.24, 2.45) is 7.05 Å². The summed E-state index contributed by atoms with van der Waals surface area (Å²) < 4.78 is 44.6. The quantitative estimate of drug-likeness (QED) is 0.364. The Hall–Kier alpha value is -3.14. The van der Waals surface area contributed by atoms with Crippen LogP contribution in [0.4, 0.5) is 13.2 Å². The minimum Gasteiger partial charge on any atom is -0.338 e. The molecule has 0 saturated carbocycles. The number of halogens is 3. The maximum atomic E-state index is 12.7. The molecule has 0 fully saturated rings. The lowest BCUT2D eigenvalue weighted by Gasteiger charge is -2.07. The summed E-state index contributed by atoms with van der Waals surface area (Å²) in [5.41, 5.74) is 0.0983. The number of para-hydroxylation sites is 1. The fourth-order valence-corrected chi connectivity index (χ4v) is 3.50. The first-order chi connectivity index (χ1) is 13.8. The van der Waals surface area contributed by atoms with E-state index in [0.717, 1.165) is 12.1 Å². The third-order valence-corrected chi connectivity index (χ3v) is 5.22. The van der Waals surface area contributed by atoms with Crippen LogP contribution in [-0.4, -0.2) is 19.7 Å². The molecule has 0 amide bonds. The predicted octanol–water partition coefficient (Wildman–Crippen LogP) is 4.29. The van der Waals surface area contributed by atoms with Crippen LogP contribution in [0.3, 0.4) is 0 Å². The SMILES string of the molecule is Cn1c(SCc2nc(-c3ccc(C(F)(F)F)cc3)no2)nc2ccccc2c1=O. The maximum Gasteiger partial charge on any atom is 0.416 e. The van der Waals surface area contributed by atoms with Crippen molar-refractivity contribution in [2.45, 2.75) is 17.1 Å². The molecule has 0 saturated heterocycles. The van der Waals surface area contributed by atoms with Crippen LogP contribution in [0.5, 0.6) is 0 Å². The number of hydrogen-bond donors (Lipinski definition) is 0. The molecule has 0 radical (unpaired) electrons. The molecule has 2 heterocycles. The van der Waals surface area contributed by atoms with Gasteiger partial charge in [-0.2, -0.15) is 18.2 Å². The van der Waals surface area contributed by atoms with Crippen molar-refractivity contribution in [3.8, 4) is 11.4 Å². The summed E-state index contributed by atoms with van der Waals surface area (Å²) in [5.74, 6) is 0.716. The van der Waals surface area contributed by atoms with Crippen LogP contribution in [0.2, 0.25) is 0 Å². The molecular formula is C19H13F3N4O2S. The normalized spacial score (nSPS) is 11.9. The molecular weight excluding hydrogens is 405 g/mol. The summed E-state index contributed by atoms with van der Waals surface area (Å²) in [4.78, 5) is 21.1. The molecule has 4 aromatic rings. The van der Waals surface area contributed by atoms with E-state index in [1.165, 1.54) is 28.5 Å². The van der Waals surface area contributed by atoms with Gasteiger partial charge in [0.05, 0.1) is 22.2 Å². The Morgan fingerprint density at radius 3 is 2.52 bits per heavy atom. The van der Waals surface area contributed by atoms with Crippen molar-refractivity contribution < 1.29 is 17.7 Å². The third kappa shape index (κ3) is 3.88. The predicted molar refractivity (Wildman–Crippen MR) is 101 cm³/mol. The number of hydrogen-bond acceptors (Lipinski definition) is 6. The first-order valence-electron chi connectivity index (χ1n) is 8.42. The molecule has 0 aliphatic rings. The van der Waals surface area contributed by atoms with Crippen molar-refractivity contribution in [2.75, 3.05) is 0 Å². The second-order valence-electron chi connectivity index (χ2n) is 6.15. The Labute approximate surface area is 166 Å². The zero-order valence-corrected chi connectivity index (χ0v) is 15.8. The zero-order chi connectivity index (χ0) is 20.6. The average molecular weight is 418 g/mol. The highest BCUT2D eigenvalue weighted by atomic mass is 32.2. The van der Waals surface area contributed by atoms with Crippen LogP contribution in [0.25, 0.3) is 22.3 Å². The lowest BCUT2D eigenvalue weighted by molar-refractivity contribution is -0.137. The summed E-state index contributed by atoms with van der Waals surface area (Å²) in [7, 11) is 1.63. The zero-order valence-electron chi connectivity index (χ0n) is 15.0. The van der Waals surface area contributed by atoms with Gasteiger partial charge >= 0.3 is 6.18 Å². The number of fused-ring (bicyclic) bond motifs is 1. The van der Waals surface area contributed by atoms with Crippen LogP contribution < -0.4 is 5.56 Å². The van der Waals surface area contributed by atoms with E-state index in [1.807, 2.05) is 0 Å². The van der Waals surface area contributed by atoms with E-state index in [1.54, 1.807) is 31.3 Å². The number of rotatable bonds is 4. The molecule has 0 N–H and O–H groups in total. The molecule has 29 heavy (non-hydrogen) atoms. The van der Waals surface area contributed by atoms with Gasteiger partial charge in [-0.25, -0.2) is 4.98 Å². The van der Waals surface area contributed by atoms with Crippen molar-refractivity contribution in [1.82, 2.24) is 19.7 Å². The minimum atomic E-state index is -4.40. The van der Waals surface area contributed by atoms with Crippen molar-refractivity contribution in [3.05, 3.63) is 70.3 Å². The summed E-state index contributed by atoms with van der Waals surface area (Å²) in [6.07, 6.45) is -4.40. The van der Waals surface area contributed by atoms with Crippen LogP contribution in [0.15, 0.2) is 63.0 Å². The number of alkyl halides is 3. The Morgan fingerprint density at radius 1 is 1.07 bits per heavy atom. The molecule has 4 rings (SSSR count). The molecule has 10 heteroatoms. The molecule has 0 unspecified atom stereocenters. The van der Waals surface area contributed by atoms with Crippen molar-refractivity contribution >= 4 is 22.7 Å². The largest absolute Gasteiger partial charge is 0.416 e. The van der Waals surface area contributed by atoms with Gasteiger partial charge in [-0.15, -0.1) is 0 Å². The third-order valence-electron chi connectivity index (χ3n) is 4.21. The lowest BCUT2D eigenvalue weighted by atomic mass is 10.1. The van der Waals surface area contributed by atoms with Crippen molar-refractivity contribution in [3.63, 3.8) is 0 Å². The van der Waals surface area contributed by atoms with Gasteiger partial charge in [-0.1, -0.05) is 41.2 Å². The van der Waals surface area contributed by atoms with Gasteiger partial charge in [0.2, 0.25) is 11.7 Å². The number of thioether (sulfide) groups is 1. The van der Waals surface area contributed by atoms with Gasteiger partial charge in [-0.05, 0) is 24.3 Å². The van der Waals surface area contributed by atoms with Crippen LogP contribution >= 0.6 is 11.8 Å². The molecule has 0 aliphatic carbocycles. The summed E-state index contributed by atoms with van der Waals surface area (Å²) in [6, 6.07) is 11.6.